The van der Waals surface area contributed by atoms with Gasteiger partial charge >= 0.3 is 0 Å². The summed E-state index contributed by atoms with van der Waals surface area (Å²) in [7, 11) is 1.88. The smallest absolute Gasteiger partial charge is 0.240 e. The molecule has 1 rings (SSSR count). The second-order valence-electron chi connectivity index (χ2n) is 3.67. The Kier molecular flexibility index (Phi) is 5.10. The summed E-state index contributed by atoms with van der Waals surface area (Å²) >= 11 is 7.90. The van der Waals surface area contributed by atoms with Gasteiger partial charge in [-0.3, -0.25) is 4.79 Å². The van der Waals surface area contributed by atoms with Crippen LogP contribution in [-0.2, 0) is 4.79 Å². The molecule has 1 amide bonds. The quantitative estimate of drug-likeness (QED) is 0.700. The molecule has 0 unspecified atom stereocenters. The van der Waals surface area contributed by atoms with Gasteiger partial charge in [-0.2, -0.15) is 11.8 Å². The zero-order valence-electron chi connectivity index (χ0n) is 8.83. The first kappa shape index (κ1) is 12.2. The molecule has 1 aliphatic rings. The molecule has 0 aromatic carbocycles. The van der Waals surface area contributed by atoms with Crippen LogP contribution in [0, 0.1) is 0 Å². The molecule has 1 atom stereocenters. The first-order valence-electron chi connectivity index (χ1n) is 5.15. The van der Waals surface area contributed by atoms with E-state index < -0.39 is 0 Å². The maximum absolute atomic E-state index is 11.8. The van der Waals surface area contributed by atoms with Crippen molar-refractivity contribution in [2.45, 2.75) is 37.6 Å². The van der Waals surface area contributed by atoms with Crippen LogP contribution < -0.4 is 0 Å². The summed E-state index contributed by atoms with van der Waals surface area (Å²) in [5, 5.41) is -0.338. The number of carbonyl (C=O) groups is 1. The summed E-state index contributed by atoms with van der Waals surface area (Å²) in [5.74, 6) is 2.42. The molecule has 1 heterocycles. The van der Waals surface area contributed by atoms with Crippen LogP contribution in [0.15, 0.2) is 0 Å². The molecular formula is C10H18ClNOS. The van der Waals surface area contributed by atoms with Crippen molar-refractivity contribution < 1.29 is 4.79 Å². The molecule has 0 aromatic rings. The van der Waals surface area contributed by atoms with Crippen molar-refractivity contribution >= 4 is 29.3 Å². The number of thioether (sulfide) groups is 1. The summed E-state index contributed by atoms with van der Waals surface area (Å²) in [6.07, 6.45) is 2.94. The predicted molar refractivity (Wildman–Crippen MR) is 63.0 cm³/mol. The maximum atomic E-state index is 11.8. The highest BCUT2D eigenvalue weighted by Gasteiger charge is 2.25. The maximum Gasteiger partial charge on any atom is 0.240 e. The molecule has 2 nitrogen and oxygen atoms in total. The molecule has 0 spiro atoms. The van der Waals surface area contributed by atoms with Crippen LogP contribution in [0.4, 0.5) is 0 Å². The fraction of sp³-hybridized carbons (Fsp3) is 0.900. The zero-order chi connectivity index (χ0) is 10.6. The Balaban J connectivity index is 2.45. The van der Waals surface area contributed by atoms with Gasteiger partial charge < -0.3 is 4.90 Å². The van der Waals surface area contributed by atoms with Gasteiger partial charge in [-0.25, -0.2) is 0 Å². The Bertz CT molecular complexity index is 195. The molecule has 14 heavy (non-hydrogen) atoms. The van der Waals surface area contributed by atoms with E-state index >= 15 is 0 Å². The van der Waals surface area contributed by atoms with Gasteiger partial charge in [0, 0.05) is 13.1 Å². The molecule has 0 aromatic heterocycles. The molecule has 0 N–H and O–H groups in total. The molecule has 1 aliphatic heterocycles. The summed E-state index contributed by atoms with van der Waals surface area (Å²) in [6.45, 7) is 1.94. The highest BCUT2D eigenvalue weighted by Crippen LogP contribution is 2.22. The van der Waals surface area contributed by atoms with Crippen molar-refractivity contribution in [2.24, 2.45) is 0 Å². The van der Waals surface area contributed by atoms with Gasteiger partial charge in [0.1, 0.15) is 5.38 Å². The van der Waals surface area contributed by atoms with E-state index in [-0.39, 0.29) is 11.3 Å². The Morgan fingerprint density at radius 3 is 2.64 bits per heavy atom. The number of rotatable bonds is 3. The van der Waals surface area contributed by atoms with Gasteiger partial charge in [-0.1, -0.05) is 6.92 Å². The minimum absolute atomic E-state index is 0.0890. The van der Waals surface area contributed by atoms with Gasteiger partial charge in [0.15, 0.2) is 0 Å². The lowest BCUT2D eigenvalue weighted by Crippen LogP contribution is -2.42. The second kappa shape index (κ2) is 5.86. The Morgan fingerprint density at radius 1 is 1.57 bits per heavy atom. The lowest BCUT2D eigenvalue weighted by atomic mass is 10.1. The van der Waals surface area contributed by atoms with Crippen LogP contribution in [0.2, 0.25) is 0 Å². The average Bonchev–Trinajstić information content (AvgIpc) is 2.27. The van der Waals surface area contributed by atoms with Crippen LogP contribution in [0.5, 0.6) is 0 Å². The van der Waals surface area contributed by atoms with Crippen LogP contribution >= 0.6 is 23.4 Å². The van der Waals surface area contributed by atoms with Crippen molar-refractivity contribution in [3.63, 3.8) is 0 Å². The fourth-order valence-corrected chi connectivity index (χ4v) is 2.88. The highest BCUT2D eigenvalue weighted by molar-refractivity contribution is 7.99. The Labute approximate surface area is 95.4 Å². The van der Waals surface area contributed by atoms with E-state index in [1.807, 2.05) is 30.6 Å². The van der Waals surface area contributed by atoms with Crippen LogP contribution in [0.1, 0.15) is 26.2 Å². The monoisotopic (exact) mass is 235 g/mol. The van der Waals surface area contributed by atoms with E-state index in [4.69, 9.17) is 11.6 Å². The zero-order valence-corrected chi connectivity index (χ0v) is 10.4. The van der Waals surface area contributed by atoms with Crippen molar-refractivity contribution in [2.75, 3.05) is 18.6 Å². The SMILES string of the molecule is CC[C@@H](Cl)C(=O)N(C)C1CCSCC1. The van der Waals surface area contributed by atoms with Crippen LogP contribution in [0.25, 0.3) is 0 Å². The molecule has 0 radical (unpaired) electrons. The standard InChI is InChI=1S/C10H18ClNOS/c1-3-9(11)10(13)12(2)8-4-6-14-7-5-8/h8-9H,3-7H2,1-2H3/t9-/m1/s1. The third-order valence-corrected chi connectivity index (χ3v) is 4.26. The largest absolute Gasteiger partial charge is 0.341 e. The minimum Gasteiger partial charge on any atom is -0.341 e. The first-order valence-corrected chi connectivity index (χ1v) is 6.74. The van der Waals surface area contributed by atoms with Crippen molar-refractivity contribution in [1.29, 1.82) is 0 Å². The summed E-state index contributed by atoms with van der Waals surface area (Å²) in [6, 6.07) is 0.413. The van der Waals surface area contributed by atoms with E-state index in [0.717, 1.165) is 12.8 Å². The van der Waals surface area contributed by atoms with Crippen molar-refractivity contribution in [1.82, 2.24) is 4.90 Å². The lowest BCUT2D eigenvalue weighted by Gasteiger charge is -2.32. The molecular weight excluding hydrogens is 218 g/mol. The molecule has 1 fully saturated rings. The third kappa shape index (κ3) is 3.06. The second-order valence-corrected chi connectivity index (χ2v) is 5.42. The fourth-order valence-electron chi connectivity index (χ4n) is 1.65. The average molecular weight is 236 g/mol. The van der Waals surface area contributed by atoms with E-state index in [0.29, 0.717) is 12.5 Å². The number of alkyl halides is 1. The Hall–Kier alpha value is 0.110. The number of amides is 1. The summed E-state index contributed by atoms with van der Waals surface area (Å²) in [4.78, 5) is 13.6. The van der Waals surface area contributed by atoms with Gasteiger partial charge in [0.05, 0.1) is 0 Å². The molecule has 0 saturated carbocycles. The Morgan fingerprint density at radius 2 is 2.14 bits per heavy atom. The van der Waals surface area contributed by atoms with Crippen molar-refractivity contribution in [3.05, 3.63) is 0 Å². The molecule has 0 bridgehead atoms. The molecule has 82 valence electrons. The van der Waals surface area contributed by atoms with E-state index in [2.05, 4.69) is 0 Å². The minimum atomic E-state index is -0.338. The molecule has 4 heteroatoms. The van der Waals surface area contributed by atoms with Gasteiger partial charge in [-0.05, 0) is 30.8 Å². The van der Waals surface area contributed by atoms with E-state index in [9.17, 15) is 4.79 Å². The predicted octanol–water partition coefficient (Wildman–Crippen LogP) is 2.36. The third-order valence-electron chi connectivity index (χ3n) is 2.71. The van der Waals surface area contributed by atoms with Gasteiger partial charge in [0.2, 0.25) is 5.91 Å². The topological polar surface area (TPSA) is 20.3 Å². The van der Waals surface area contributed by atoms with E-state index in [1.54, 1.807) is 0 Å². The van der Waals surface area contributed by atoms with Crippen LogP contribution in [0.3, 0.4) is 0 Å². The van der Waals surface area contributed by atoms with Crippen molar-refractivity contribution in [3.8, 4) is 0 Å². The van der Waals surface area contributed by atoms with E-state index in [1.165, 1.54) is 11.5 Å². The highest BCUT2D eigenvalue weighted by atomic mass is 35.5. The number of hydrogen-bond donors (Lipinski definition) is 0. The summed E-state index contributed by atoms with van der Waals surface area (Å²) < 4.78 is 0. The van der Waals surface area contributed by atoms with Crippen LogP contribution in [-0.4, -0.2) is 40.8 Å². The lowest BCUT2D eigenvalue weighted by molar-refractivity contribution is -0.131. The molecule has 1 saturated heterocycles. The number of hydrogen-bond acceptors (Lipinski definition) is 2. The number of nitrogens with zero attached hydrogens (tertiary/aromatic N) is 1. The molecule has 0 aliphatic carbocycles. The first-order chi connectivity index (χ1) is 6.66. The number of halogens is 1. The summed E-state index contributed by atoms with van der Waals surface area (Å²) in [5.41, 5.74) is 0. The number of carbonyl (C=O) groups excluding carboxylic acids is 1. The normalized spacial score (nSPS) is 20.5. The van der Waals surface area contributed by atoms with Gasteiger partial charge in [0.25, 0.3) is 0 Å². The van der Waals surface area contributed by atoms with Gasteiger partial charge in [-0.15, -0.1) is 11.6 Å².